The van der Waals surface area contributed by atoms with Crippen LogP contribution in [0.25, 0.3) is 112 Å². The molecule has 5 nitrogen and oxygen atoms in total. The fourth-order valence-electron chi connectivity index (χ4n) is 22.5. The zero-order valence-electron chi connectivity index (χ0n) is 83.4. The number of hydrogen-bond acceptors (Lipinski definition) is 0. The average Bonchev–Trinajstić information content (AvgIpc) is 1.54. The molecular formula is C120H128F2N5+5. The van der Waals surface area contributed by atoms with Gasteiger partial charge in [-0.25, -0.2) is 31.6 Å². The van der Waals surface area contributed by atoms with Crippen molar-refractivity contribution in [3.8, 4) is 112 Å². The van der Waals surface area contributed by atoms with Gasteiger partial charge in [-0.15, -0.1) is 0 Å². The van der Waals surface area contributed by atoms with E-state index < -0.39 is 12.3 Å². The van der Waals surface area contributed by atoms with Crippen LogP contribution in [-0.2, 0) is 62.3 Å². The molecule has 5 aliphatic carbocycles. The van der Waals surface area contributed by atoms with E-state index in [1.165, 1.54) is 173 Å². The highest BCUT2D eigenvalue weighted by Gasteiger charge is 2.47. The molecule has 5 heterocycles. The molecule has 0 fully saturated rings. The molecule has 0 radical (unpaired) electrons. The highest BCUT2D eigenvalue weighted by atomic mass is 19.1. The summed E-state index contributed by atoms with van der Waals surface area (Å²) in [6.45, 7) is 49.9. The van der Waals surface area contributed by atoms with E-state index in [-0.39, 0.29) is 38.9 Å². The lowest BCUT2D eigenvalue weighted by Gasteiger charge is -2.24. The molecule has 5 aromatic heterocycles. The van der Waals surface area contributed by atoms with Crippen LogP contribution >= 0.6 is 0 Å². The van der Waals surface area contributed by atoms with Crippen molar-refractivity contribution < 1.29 is 35.7 Å². The summed E-state index contributed by atoms with van der Waals surface area (Å²) >= 11 is 0. The van der Waals surface area contributed by atoms with E-state index in [1.54, 1.807) is 24.3 Å². The van der Waals surface area contributed by atoms with E-state index >= 15 is 8.78 Å². The van der Waals surface area contributed by atoms with Crippen molar-refractivity contribution in [2.75, 3.05) is 0 Å². The van der Waals surface area contributed by atoms with E-state index in [1.807, 2.05) is 70.6 Å². The van der Waals surface area contributed by atoms with E-state index in [0.29, 0.717) is 16.7 Å². The van der Waals surface area contributed by atoms with Gasteiger partial charge in [0.05, 0.1) is 27.8 Å². The van der Waals surface area contributed by atoms with Crippen molar-refractivity contribution >= 4 is 0 Å². The van der Waals surface area contributed by atoms with Crippen molar-refractivity contribution in [3.63, 3.8) is 0 Å². The third-order valence-corrected chi connectivity index (χ3v) is 28.7. The number of benzene rings is 10. The van der Waals surface area contributed by atoms with Gasteiger partial charge in [0.1, 0.15) is 46.9 Å². The zero-order chi connectivity index (χ0) is 93.9. The van der Waals surface area contributed by atoms with Crippen molar-refractivity contribution in [2.45, 2.75) is 200 Å². The SMILES string of the molecule is Cc1ccc(-c2c(C)cc(F)c3c2-c2cccc(C)c2C3(C)C)[n+](C)c1.Cc1ccc(-c2c(C)ccc3c2-c2c(C)cccc2C3(C)C)[n+](C)c1.Cc1ccc2c(c1)-c1c(ccc(C)c1-c1ccc(C)c[n+]1C)C2(C)C.Cc1ccc2c(c1)C(C)(C)c1ccc(C)c(-c3ccc(C)c[n+]3C)c1-2.[2H]C([2H])([2H])c1cccc2c1-c1c(-c3ccc(C)c[n+]3C)c(C)cc(F)c1C2(C)C. The molecule has 0 atom stereocenters. The molecule has 0 saturated carbocycles. The zero-order valence-corrected chi connectivity index (χ0v) is 80.4. The van der Waals surface area contributed by atoms with Crippen LogP contribution in [0.3, 0.4) is 0 Å². The summed E-state index contributed by atoms with van der Waals surface area (Å²) in [5.74, 6) is -0.384. The Morgan fingerprint density at radius 1 is 0.213 bits per heavy atom. The first-order valence-electron chi connectivity index (χ1n) is 46.6. The van der Waals surface area contributed by atoms with E-state index in [0.717, 1.165) is 55.9 Å². The van der Waals surface area contributed by atoms with Crippen LogP contribution in [0.4, 0.5) is 8.78 Å². The van der Waals surface area contributed by atoms with Gasteiger partial charge >= 0.3 is 0 Å². The van der Waals surface area contributed by atoms with Gasteiger partial charge in [0.25, 0.3) is 0 Å². The second kappa shape index (κ2) is 32.3. The second-order valence-electron chi connectivity index (χ2n) is 40.1. The summed E-state index contributed by atoms with van der Waals surface area (Å²) in [5, 5.41) is 0. The van der Waals surface area contributed by atoms with Gasteiger partial charge in [-0.3, -0.25) is 0 Å². The first-order valence-corrected chi connectivity index (χ1v) is 45.1. The average molecular weight is 1680 g/mol. The Hall–Kier alpha value is -12.2. The van der Waals surface area contributed by atoms with Gasteiger partial charge in [-0.1, -0.05) is 208 Å². The molecule has 7 heteroatoms. The minimum absolute atomic E-state index is 0.0441. The molecule has 15 aromatic rings. The highest BCUT2D eigenvalue weighted by molar-refractivity contribution is 5.99. The number of aryl methyl sites for hydroxylation is 20. The number of rotatable bonds is 5. The summed E-state index contributed by atoms with van der Waals surface area (Å²) in [6, 6.07) is 71.2. The first kappa shape index (κ1) is 84.3. The van der Waals surface area contributed by atoms with Crippen LogP contribution in [0.15, 0.2) is 231 Å². The molecule has 20 rings (SSSR count). The molecule has 0 bridgehead atoms. The van der Waals surface area contributed by atoms with E-state index in [2.05, 4.69) is 361 Å². The molecule has 0 unspecified atom stereocenters. The van der Waals surface area contributed by atoms with Gasteiger partial charge in [-0.2, -0.15) is 0 Å². The monoisotopic (exact) mass is 1680 g/mol. The van der Waals surface area contributed by atoms with Crippen LogP contribution in [0, 0.1) is 115 Å². The van der Waals surface area contributed by atoms with Crippen molar-refractivity contribution in [2.24, 2.45) is 35.2 Å². The van der Waals surface area contributed by atoms with Crippen molar-refractivity contribution in [1.82, 2.24) is 0 Å². The molecule has 0 aliphatic heterocycles. The summed E-state index contributed by atoms with van der Waals surface area (Å²) in [7, 11) is 10.5. The number of aromatic nitrogens is 5. The maximum atomic E-state index is 15.4. The Kier molecular flexibility index (Phi) is 21.4. The van der Waals surface area contributed by atoms with Crippen molar-refractivity contribution in [3.05, 3.63) is 382 Å². The molecule has 0 saturated heterocycles. The number of nitrogens with zero attached hydrogens (tertiary/aromatic N) is 5. The Labute approximate surface area is 760 Å². The number of pyridine rings is 5. The second-order valence-corrected chi connectivity index (χ2v) is 40.1. The molecule has 642 valence electrons. The van der Waals surface area contributed by atoms with E-state index in [4.69, 9.17) is 4.11 Å². The summed E-state index contributed by atoms with van der Waals surface area (Å²) in [5.41, 5.74) is 53.0. The molecule has 0 N–H and O–H groups in total. The molecule has 0 spiro atoms. The van der Waals surface area contributed by atoms with Crippen LogP contribution in [0.1, 0.15) is 212 Å². The quantitative estimate of drug-likeness (QED) is 0.153. The predicted molar refractivity (Wildman–Crippen MR) is 524 cm³/mol. The third kappa shape index (κ3) is 14.6. The van der Waals surface area contributed by atoms with Gasteiger partial charge in [0, 0.05) is 128 Å². The van der Waals surface area contributed by atoms with Crippen LogP contribution in [0.2, 0.25) is 0 Å². The van der Waals surface area contributed by atoms with Crippen molar-refractivity contribution in [1.29, 1.82) is 0 Å². The first-order chi connectivity index (χ1) is 61.1. The summed E-state index contributed by atoms with van der Waals surface area (Å²) in [6.07, 6.45) is 10.8. The Morgan fingerprint density at radius 3 is 0.976 bits per heavy atom. The fourth-order valence-corrected chi connectivity index (χ4v) is 22.5. The molecule has 10 aromatic carbocycles. The van der Waals surface area contributed by atoms with Gasteiger partial charge in [0.15, 0.2) is 31.0 Å². The highest BCUT2D eigenvalue weighted by Crippen LogP contribution is 2.60. The summed E-state index contributed by atoms with van der Waals surface area (Å²) < 4.78 is 65.8. The standard InChI is InChI=1S/2C24H25FN.3C24H26N/c1-14-10-11-19(26(6)13-14)20-16(3)12-18(25)23-21(20)17-9-7-8-15(2)22(17)24(23,4)5;1-14-10-11-19(26(6)13-14)21-16(3)12-18(25)23-22(21)20-15(2)8-7-9-17(20)24(23,4)5;1-15-7-10-19-18(13-15)23-20(24(19,4)5)11-9-17(3)22(23)21-12-8-16(2)14-25(21)6;1-15-7-10-18-20(13-15)24(4,5)19-11-9-17(3)22(23(18)19)21-12-8-16(2)14-25(21)6;1-15-10-13-20(25(6)14-15)22-17(3)11-12-19-23(22)21-16(2)8-7-9-18(21)24(19,4)5/h2*7-13H,1-6H3;3*7-14H,1-6H3/q5*+1/i;2D3;;;. The minimum Gasteiger partial charge on any atom is -0.207 e. The lowest BCUT2D eigenvalue weighted by Crippen LogP contribution is -2.31. The smallest absolute Gasteiger partial charge is 0.207 e. The van der Waals surface area contributed by atoms with Gasteiger partial charge in [-0.05, 0) is 263 Å². The molecule has 0 amide bonds. The Balaban J connectivity index is 0.000000119. The predicted octanol–water partition coefficient (Wildman–Crippen LogP) is 27.3. The Bertz CT molecular complexity index is 7240. The van der Waals surface area contributed by atoms with Gasteiger partial charge in [0.2, 0.25) is 28.5 Å². The maximum Gasteiger partial charge on any atom is 0.213 e. The van der Waals surface area contributed by atoms with Crippen LogP contribution < -0.4 is 22.8 Å². The minimum atomic E-state index is -2.28. The fraction of sp³-hybridized carbons (Fsp3) is 0.292. The molecular weight excluding hydrogens is 1550 g/mol. The normalized spacial score (nSPS) is 14.7. The lowest BCUT2D eigenvalue weighted by molar-refractivity contribution is -0.660. The number of hydrogen-bond donors (Lipinski definition) is 0. The molecule has 127 heavy (non-hydrogen) atoms. The van der Waals surface area contributed by atoms with Crippen LogP contribution in [0.5, 0.6) is 0 Å². The lowest BCUT2D eigenvalue weighted by atomic mass is 9.79. The number of fused-ring (bicyclic) bond motifs is 15. The summed E-state index contributed by atoms with van der Waals surface area (Å²) in [4.78, 5) is 0. The third-order valence-electron chi connectivity index (χ3n) is 28.7. The maximum absolute atomic E-state index is 15.4. The van der Waals surface area contributed by atoms with E-state index in [9.17, 15) is 0 Å². The number of halogens is 2. The Morgan fingerprint density at radius 2 is 0.528 bits per heavy atom. The van der Waals surface area contributed by atoms with Crippen LogP contribution in [-0.4, -0.2) is 0 Å². The largest absolute Gasteiger partial charge is 0.213 e. The van der Waals surface area contributed by atoms with Gasteiger partial charge < -0.3 is 0 Å². The topological polar surface area (TPSA) is 19.4 Å². The molecule has 5 aliphatic rings.